The average Bonchev–Trinajstić information content (AvgIpc) is 2.42. The van der Waals surface area contributed by atoms with Crippen molar-refractivity contribution in [1.82, 2.24) is 0 Å². The SMILES string of the molecule is C=C1CC=C(C(C)(c2ccc(C)c(C)c2)C(F)(F)F)C=C1C. The maximum Gasteiger partial charge on any atom is 0.402 e. The minimum Gasteiger partial charge on any atom is -0.170 e. The monoisotopic (exact) mass is 306 g/mol. The van der Waals surface area contributed by atoms with Crippen LogP contribution in [-0.2, 0) is 5.41 Å². The van der Waals surface area contributed by atoms with Crippen LogP contribution in [0, 0.1) is 13.8 Å². The van der Waals surface area contributed by atoms with E-state index < -0.39 is 11.6 Å². The van der Waals surface area contributed by atoms with Crippen LogP contribution in [-0.4, -0.2) is 6.18 Å². The molecular weight excluding hydrogens is 285 g/mol. The molecule has 0 spiro atoms. The Hall–Kier alpha value is -1.77. The smallest absolute Gasteiger partial charge is 0.170 e. The minimum atomic E-state index is -4.37. The molecule has 1 aromatic rings. The van der Waals surface area contributed by atoms with Crippen molar-refractivity contribution in [2.75, 3.05) is 0 Å². The summed E-state index contributed by atoms with van der Waals surface area (Å²) >= 11 is 0. The van der Waals surface area contributed by atoms with Gasteiger partial charge in [-0.15, -0.1) is 0 Å². The molecule has 1 atom stereocenters. The third-order valence-electron chi connectivity index (χ3n) is 4.73. The number of halogens is 3. The van der Waals surface area contributed by atoms with Gasteiger partial charge in [0.25, 0.3) is 0 Å². The Kier molecular flexibility index (Phi) is 4.12. The summed E-state index contributed by atoms with van der Waals surface area (Å²) in [6.45, 7) is 10.7. The second kappa shape index (κ2) is 5.45. The Morgan fingerprint density at radius 1 is 1.05 bits per heavy atom. The van der Waals surface area contributed by atoms with Crippen LogP contribution in [0.5, 0.6) is 0 Å². The number of hydrogen-bond acceptors (Lipinski definition) is 0. The van der Waals surface area contributed by atoms with Gasteiger partial charge in [0, 0.05) is 0 Å². The molecule has 0 saturated carbocycles. The standard InChI is InChI=1S/C19H21F3/c1-12-6-8-16(10-14(12)3)18(5,19(20,21)22)17-9-7-13(2)15(4)11-17/h7-11H,1,6H2,2-5H3. The van der Waals surface area contributed by atoms with Gasteiger partial charge in [-0.3, -0.25) is 0 Å². The van der Waals surface area contributed by atoms with Crippen LogP contribution in [0.25, 0.3) is 0 Å². The van der Waals surface area contributed by atoms with E-state index in [1.807, 2.05) is 20.8 Å². The Balaban J connectivity index is 2.64. The molecule has 1 unspecified atom stereocenters. The molecule has 3 heteroatoms. The third-order valence-corrected chi connectivity index (χ3v) is 4.73. The van der Waals surface area contributed by atoms with Crippen molar-refractivity contribution < 1.29 is 13.2 Å². The summed E-state index contributed by atoms with van der Waals surface area (Å²) in [5.74, 6) is 0. The molecule has 0 N–H and O–H groups in total. The molecule has 0 fully saturated rings. The summed E-state index contributed by atoms with van der Waals surface area (Å²) in [6, 6.07) is 4.99. The van der Waals surface area contributed by atoms with E-state index in [0.29, 0.717) is 12.0 Å². The zero-order valence-electron chi connectivity index (χ0n) is 13.4. The fraction of sp³-hybridized carbons (Fsp3) is 0.368. The summed E-state index contributed by atoms with van der Waals surface area (Å²) in [5.41, 5.74) is 2.12. The van der Waals surface area contributed by atoms with Gasteiger partial charge in [0.15, 0.2) is 0 Å². The van der Waals surface area contributed by atoms with E-state index in [-0.39, 0.29) is 5.56 Å². The highest BCUT2D eigenvalue weighted by Crippen LogP contribution is 2.48. The molecule has 0 bridgehead atoms. The van der Waals surface area contributed by atoms with Gasteiger partial charge in [0.1, 0.15) is 5.41 Å². The van der Waals surface area contributed by atoms with Gasteiger partial charge in [-0.1, -0.05) is 36.9 Å². The predicted molar refractivity (Wildman–Crippen MR) is 84.9 cm³/mol. The van der Waals surface area contributed by atoms with Crippen LogP contribution in [0.3, 0.4) is 0 Å². The van der Waals surface area contributed by atoms with Gasteiger partial charge in [-0.05, 0) is 67.5 Å². The van der Waals surface area contributed by atoms with Crippen molar-refractivity contribution in [1.29, 1.82) is 0 Å². The maximum absolute atomic E-state index is 13.9. The van der Waals surface area contributed by atoms with Crippen molar-refractivity contribution in [3.8, 4) is 0 Å². The van der Waals surface area contributed by atoms with Gasteiger partial charge in [-0.2, -0.15) is 13.2 Å². The van der Waals surface area contributed by atoms with Gasteiger partial charge in [0.05, 0.1) is 0 Å². The largest absolute Gasteiger partial charge is 0.402 e. The summed E-state index contributed by atoms with van der Waals surface area (Å²) in [4.78, 5) is 0. The molecule has 0 amide bonds. The average molecular weight is 306 g/mol. The topological polar surface area (TPSA) is 0 Å². The van der Waals surface area contributed by atoms with E-state index >= 15 is 0 Å². The summed E-state index contributed by atoms with van der Waals surface area (Å²) < 4.78 is 41.8. The first-order valence-corrected chi connectivity index (χ1v) is 7.29. The molecule has 1 aliphatic rings. The van der Waals surface area contributed by atoms with Crippen molar-refractivity contribution in [2.24, 2.45) is 0 Å². The van der Waals surface area contributed by atoms with E-state index in [4.69, 9.17) is 0 Å². The molecule has 1 aliphatic carbocycles. The normalized spacial score (nSPS) is 18.6. The number of aryl methyl sites for hydroxylation is 2. The van der Waals surface area contributed by atoms with E-state index in [1.165, 1.54) is 6.92 Å². The van der Waals surface area contributed by atoms with Gasteiger partial charge >= 0.3 is 6.18 Å². The molecule has 1 aromatic carbocycles. The molecule has 0 nitrogen and oxygen atoms in total. The Morgan fingerprint density at radius 3 is 2.18 bits per heavy atom. The van der Waals surface area contributed by atoms with E-state index in [1.54, 1.807) is 30.4 Å². The van der Waals surface area contributed by atoms with Crippen LogP contribution in [0.4, 0.5) is 13.2 Å². The lowest BCUT2D eigenvalue weighted by Crippen LogP contribution is -2.41. The number of hydrogen-bond donors (Lipinski definition) is 0. The molecule has 2 rings (SSSR count). The van der Waals surface area contributed by atoms with Gasteiger partial charge in [-0.25, -0.2) is 0 Å². The number of alkyl halides is 3. The molecular formula is C19H21F3. The highest BCUT2D eigenvalue weighted by atomic mass is 19.4. The van der Waals surface area contributed by atoms with Crippen LogP contribution in [0.15, 0.2) is 53.6 Å². The molecule has 0 radical (unpaired) electrons. The molecule has 118 valence electrons. The van der Waals surface area contributed by atoms with Crippen molar-refractivity contribution in [3.05, 3.63) is 70.3 Å². The lowest BCUT2D eigenvalue weighted by Gasteiger charge is -2.36. The lowest BCUT2D eigenvalue weighted by atomic mass is 9.72. The van der Waals surface area contributed by atoms with Gasteiger partial charge in [0.2, 0.25) is 0 Å². The van der Waals surface area contributed by atoms with Crippen molar-refractivity contribution in [2.45, 2.75) is 45.7 Å². The summed E-state index contributed by atoms with van der Waals surface area (Å²) in [5, 5.41) is 0. The zero-order valence-corrected chi connectivity index (χ0v) is 13.4. The van der Waals surface area contributed by atoms with Crippen LogP contribution in [0.1, 0.15) is 37.0 Å². The second-order valence-corrected chi connectivity index (χ2v) is 6.22. The first-order chi connectivity index (χ1) is 10.1. The predicted octanol–water partition coefficient (Wildman–Crippen LogP) is 5.96. The highest BCUT2D eigenvalue weighted by Gasteiger charge is 2.54. The molecule has 0 saturated heterocycles. The fourth-order valence-corrected chi connectivity index (χ4v) is 2.68. The summed E-state index contributed by atoms with van der Waals surface area (Å²) in [7, 11) is 0. The minimum absolute atomic E-state index is 0.283. The van der Waals surface area contributed by atoms with Crippen LogP contribution in [0.2, 0.25) is 0 Å². The zero-order chi connectivity index (χ0) is 16.7. The number of rotatable bonds is 2. The number of benzene rings is 1. The van der Waals surface area contributed by atoms with Crippen molar-refractivity contribution in [3.63, 3.8) is 0 Å². The quantitative estimate of drug-likeness (QED) is 0.632. The lowest BCUT2D eigenvalue weighted by molar-refractivity contribution is -0.173. The van der Waals surface area contributed by atoms with E-state index in [0.717, 1.165) is 22.3 Å². The summed E-state index contributed by atoms with van der Waals surface area (Å²) in [6.07, 6.45) is -0.628. The maximum atomic E-state index is 13.9. The second-order valence-electron chi connectivity index (χ2n) is 6.22. The Labute approximate surface area is 130 Å². The molecule has 22 heavy (non-hydrogen) atoms. The first-order valence-electron chi connectivity index (χ1n) is 7.29. The number of allylic oxidation sites excluding steroid dienone is 5. The molecule has 0 heterocycles. The molecule has 0 aliphatic heterocycles. The van der Waals surface area contributed by atoms with Gasteiger partial charge < -0.3 is 0 Å². The Bertz CT molecular complexity index is 674. The van der Waals surface area contributed by atoms with Crippen molar-refractivity contribution >= 4 is 0 Å². The molecule has 0 aromatic heterocycles. The van der Waals surface area contributed by atoms with E-state index in [2.05, 4.69) is 6.58 Å². The fourth-order valence-electron chi connectivity index (χ4n) is 2.68. The van der Waals surface area contributed by atoms with Crippen LogP contribution >= 0.6 is 0 Å². The Morgan fingerprint density at radius 2 is 1.68 bits per heavy atom. The van der Waals surface area contributed by atoms with Crippen LogP contribution < -0.4 is 0 Å². The highest BCUT2D eigenvalue weighted by molar-refractivity contribution is 5.51. The van der Waals surface area contributed by atoms with E-state index in [9.17, 15) is 13.2 Å². The first kappa shape index (κ1) is 16.6. The third kappa shape index (κ3) is 2.65.